The molecule has 1 rings (SSSR count). The first-order valence-corrected chi connectivity index (χ1v) is 5.32. The largest absolute Gasteiger partial charge is 0.417 e. The molecule has 0 aliphatic rings. The summed E-state index contributed by atoms with van der Waals surface area (Å²) in [5.41, 5.74) is -1.37. The maximum absolute atomic E-state index is 12.5. The summed E-state index contributed by atoms with van der Waals surface area (Å²) in [6.45, 7) is 0. The second-order valence-electron chi connectivity index (χ2n) is 2.74. The Bertz CT molecular complexity index is 389. The molecule has 0 heterocycles. The molecule has 0 amide bonds. The van der Waals surface area contributed by atoms with Crippen LogP contribution >= 0.6 is 27.5 Å². The summed E-state index contributed by atoms with van der Waals surface area (Å²) in [7, 11) is 0. The van der Waals surface area contributed by atoms with Crippen LogP contribution in [0.25, 0.3) is 0 Å². The lowest BCUT2D eigenvalue weighted by Gasteiger charge is -2.11. The normalized spacial score (nSPS) is 11.5. The molecule has 0 spiro atoms. The molecule has 0 aliphatic carbocycles. The van der Waals surface area contributed by atoms with Crippen LogP contribution in [0, 0.1) is 0 Å². The van der Waals surface area contributed by atoms with Gasteiger partial charge in [-0.25, -0.2) is 0 Å². The van der Waals surface area contributed by atoms with Crippen LogP contribution in [0.5, 0.6) is 0 Å². The summed E-state index contributed by atoms with van der Waals surface area (Å²) in [6, 6.07) is 3.08. The van der Waals surface area contributed by atoms with Crippen LogP contribution in [0.1, 0.15) is 15.9 Å². The molecule has 0 saturated heterocycles. The van der Waals surface area contributed by atoms with E-state index in [0.29, 0.717) is 0 Å². The van der Waals surface area contributed by atoms with E-state index in [-0.39, 0.29) is 15.9 Å². The number of hydrogen-bond acceptors (Lipinski definition) is 1. The van der Waals surface area contributed by atoms with Gasteiger partial charge in [0.25, 0.3) is 0 Å². The highest BCUT2D eigenvalue weighted by atomic mass is 79.9. The number of ketones is 1. The van der Waals surface area contributed by atoms with E-state index >= 15 is 0 Å². The number of carbonyl (C=O) groups excluding carboxylic acids is 1. The first kappa shape index (κ1) is 12.5. The van der Waals surface area contributed by atoms with Crippen LogP contribution in [-0.2, 0) is 6.18 Å². The van der Waals surface area contributed by atoms with Gasteiger partial charge in [0.05, 0.1) is 10.9 Å². The van der Waals surface area contributed by atoms with Crippen molar-refractivity contribution in [2.45, 2.75) is 6.18 Å². The smallest absolute Gasteiger partial charge is 0.293 e. The van der Waals surface area contributed by atoms with Crippen LogP contribution in [0.3, 0.4) is 0 Å². The molecule has 1 aromatic carbocycles. The van der Waals surface area contributed by atoms with E-state index in [9.17, 15) is 18.0 Å². The average Bonchev–Trinajstić information content (AvgIpc) is 2.15. The summed E-state index contributed by atoms with van der Waals surface area (Å²) in [5, 5.41) is -0.203. The van der Waals surface area contributed by atoms with Gasteiger partial charge in [0.2, 0.25) is 0 Å². The van der Waals surface area contributed by atoms with Gasteiger partial charge in [0.1, 0.15) is 0 Å². The fraction of sp³-hybridized carbons (Fsp3) is 0.222. The van der Waals surface area contributed by atoms with Crippen molar-refractivity contribution in [3.8, 4) is 0 Å². The topological polar surface area (TPSA) is 17.1 Å². The van der Waals surface area contributed by atoms with Crippen molar-refractivity contribution in [3.05, 3.63) is 34.3 Å². The highest BCUT2D eigenvalue weighted by Crippen LogP contribution is 2.34. The van der Waals surface area contributed by atoms with Crippen LogP contribution in [-0.4, -0.2) is 11.1 Å². The van der Waals surface area contributed by atoms with Gasteiger partial charge in [-0.1, -0.05) is 27.5 Å². The van der Waals surface area contributed by atoms with Crippen LogP contribution in [0.4, 0.5) is 13.2 Å². The molecule has 0 unspecified atom stereocenters. The number of carbonyl (C=O) groups is 1. The predicted octanol–water partition coefficient (Wildman–Crippen LogP) is 3.94. The van der Waals surface area contributed by atoms with E-state index in [1.807, 2.05) is 0 Å². The van der Waals surface area contributed by atoms with E-state index in [2.05, 4.69) is 15.9 Å². The van der Waals surface area contributed by atoms with E-state index in [1.165, 1.54) is 6.07 Å². The molecule has 0 N–H and O–H groups in total. The number of hydrogen-bond donors (Lipinski definition) is 0. The van der Waals surface area contributed by atoms with Crippen molar-refractivity contribution in [3.63, 3.8) is 0 Å². The van der Waals surface area contributed by atoms with Gasteiger partial charge in [0.15, 0.2) is 5.78 Å². The minimum absolute atomic E-state index is 0.0477. The van der Waals surface area contributed by atoms with Crippen molar-refractivity contribution in [2.75, 3.05) is 5.33 Å². The molecule has 15 heavy (non-hydrogen) atoms. The average molecular weight is 301 g/mol. The maximum atomic E-state index is 12.5. The maximum Gasteiger partial charge on any atom is 0.417 e. The number of benzene rings is 1. The lowest BCUT2D eigenvalue weighted by Crippen LogP contribution is -2.13. The van der Waals surface area contributed by atoms with Gasteiger partial charge in [-0.15, -0.1) is 0 Å². The molecule has 1 nitrogen and oxygen atoms in total. The highest BCUT2D eigenvalue weighted by Gasteiger charge is 2.35. The Morgan fingerprint density at radius 3 is 2.47 bits per heavy atom. The second kappa shape index (κ2) is 4.53. The van der Waals surface area contributed by atoms with Crippen molar-refractivity contribution < 1.29 is 18.0 Å². The number of Topliss-reactive ketones (excluding diaryl/α,β-unsaturated/α-hetero) is 1. The summed E-state index contributed by atoms with van der Waals surface area (Å²) < 4.78 is 37.5. The second-order valence-corrected chi connectivity index (χ2v) is 3.74. The zero-order chi connectivity index (χ0) is 11.6. The number of halogens is 5. The van der Waals surface area contributed by atoms with Gasteiger partial charge in [-0.3, -0.25) is 4.79 Å². The van der Waals surface area contributed by atoms with E-state index in [1.54, 1.807) is 0 Å². The zero-order valence-electron chi connectivity index (χ0n) is 7.24. The van der Waals surface area contributed by atoms with Crippen molar-refractivity contribution in [2.24, 2.45) is 0 Å². The summed E-state index contributed by atoms with van der Waals surface area (Å²) in [5.74, 6) is -0.626. The Kier molecular flexibility index (Phi) is 3.78. The molecule has 0 saturated carbocycles. The monoisotopic (exact) mass is 300 g/mol. The quantitative estimate of drug-likeness (QED) is 0.597. The lowest BCUT2D eigenvalue weighted by molar-refractivity contribution is -0.137. The Balaban J connectivity index is 3.33. The number of rotatable bonds is 2. The van der Waals surface area contributed by atoms with Crippen molar-refractivity contribution in [1.82, 2.24) is 0 Å². The third kappa shape index (κ3) is 2.95. The molecule has 1 aromatic rings. The SMILES string of the molecule is O=C(CBr)c1ccc(Cl)cc1C(F)(F)F. The minimum atomic E-state index is -4.57. The fourth-order valence-corrected chi connectivity index (χ4v) is 1.54. The van der Waals surface area contributed by atoms with Gasteiger partial charge < -0.3 is 0 Å². The molecular weight excluding hydrogens is 296 g/mol. The lowest BCUT2D eigenvalue weighted by atomic mass is 10.0. The Labute approximate surface area is 97.4 Å². The summed E-state index contributed by atoms with van der Waals surface area (Å²) in [4.78, 5) is 11.2. The third-order valence-corrected chi connectivity index (χ3v) is 2.45. The fourth-order valence-electron chi connectivity index (χ4n) is 1.07. The molecular formula is C9H5BrClF3O. The van der Waals surface area contributed by atoms with Gasteiger partial charge >= 0.3 is 6.18 Å². The molecule has 0 radical (unpaired) electrons. The van der Waals surface area contributed by atoms with E-state index in [0.717, 1.165) is 12.1 Å². The van der Waals surface area contributed by atoms with Gasteiger partial charge in [-0.2, -0.15) is 13.2 Å². The Hall–Kier alpha value is -0.550. The minimum Gasteiger partial charge on any atom is -0.293 e. The van der Waals surface area contributed by atoms with Crippen LogP contribution in [0.2, 0.25) is 5.02 Å². The zero-order valence-corrected chi connectivity index (χ0v) is 9.58. The van der Waals surface area contributed by atoms with Crippen LogP contribution < -0.4 is 0 Å². The van der Waals surface area contributed by atoms with Gasteiger partial charge in [-0.05, 0) is 18.2 Å². The van der Waals surface area contributed by atoms with E-state index in [4.69, 9.17) is 11.6 Å². The summed E-state index contributed by atoms with van der Waals surface area (Å²) >= 11 is 8.27. The Morgan fingerprint density at radius 2 is 2.00 bits per heavy atom. The molecule has 6 heteroatoms. The van der Waals surface area contributed by atoms with Crippen molar-refractivity contribution in [1.29, 1.82) is 0 Å². The number of alkyl halides is 4. The standard InChI is InChI=1S/C9H5BrClF3O/c10-4-8(15)6-2-1-5(11)3-7(6)9(12,13)14/h1-3H,4H2. The van der Waals surface area contributed by atoms with Gasteiger partial charge in [0, 0.05) is 10.6 Å². The summed E-state index contributed by atoms with van der Waals surface area (Å²) in [6.07, 6.45) is -4.57. The molecule has 0 aromatic heterocycles. The molecule has 0 aliphatic heterocycles. The van der Waals surface area contributed by atoms with E-state index < -0.39 is 17.5 Å². The first-order chi connectivity index (χ1) is 6.86. The Morgan fingerprint density at radius 1 is 1.40 bits per heavy atom. The third-order valence-electron chi connectivity index (χ3n) is 1.71. The van der Waals surface area contributed by atoms with Crippen LogP contribution in [0.15, 0.2) is 18.2 Å². The first-order valence-electron chi connectivity index (χ1n) is 3.82. The predicted molar refractivity (Wildman–Crippen MR) is 54.6 cm³/mol. The molecule has 0 fully saturated rings. The molecule has 0 atom stereocenters. The highest BCUT2D eigenvalue weighted by molar-refractivity contribution is 9.09. The molecule has 0 bridgehead atoms. The molecule has 82 valence electrons. The van der Waals surface area contributed by atoms with Crippen molar-refractivity contribution >= 4 is 33.3 Å².